The van der Waals surface area contributed by atoms with Crippen molar-refractivity contribution in [3.05, 3.63) is 111 Å². The summed E-state index contributed by atoms with van der Waals surface area (Å²) < 4.78 is 5.73. The molecule has 1 N–H and O–H groups in total. The summed E-state index contributed by atoms with van der Waals surface area (Å²) in [5.41, 5.74) is 3.50. The van der Waals surface area contributed by atoms with Crippen molar-refractivity contribution in [3.8, 4) is 17.3 Å². The van der Waals surface area contributed by atoms with Gasteiger partial charge in [-0.1, -0.05) is 77.9 Å². The molecule has 0 radical (unpaired) electrons. The van der Waals surface area contributed by atoms with Crippen LogP contribution in [0.2, 0.25) is 0 Å². The van der Waals surface area contributed by atoms with E-state index in [1.165, 1.54) is 0 Å². The van der Waals surface area contributed by atoms with E-state index in [2.05, 4.69) is 4.99 Å². The Morgan fingerprint density at radius 2 is 1.50 bits per heavy atom. The van der Waals surface area contributed by atoms with Gasteiger partial charge in [-0.05, 0) is 19.9 Å². The molecule has 0 atom stereocenters. The third kappa shape index (κ3) is 3.15. The monoisotopic (exact) mass is 421 g/mol. The Balaban J connectivity index is 1.83. The van der Waals surface area contributed by atoms with E-state index in [1.54, 1.807) is 36.4 Å². The van der Waals surface area contributed by atoms with E-state index >= 15 is 0 Å². The first-order valence-corrected chi connectivity index (χ1v) is 10.2. The fourth-order valence-electron chi connectivity index (χ4n) is 3.93. The minimum atomic E-state index is -0.518. The van der Waals surface area contributed by atoms with Crippen molar-refractivity contribution in [2.75, 3.05) is 0 Å². The maximum absolute atomic E-state index is 13.7. The lowest BCUT2D eigenvalue weighted by Crippen LogP contribution is -2.23. The van der Waals surface area contributed by atoms with Crippen molar-refractivity contribution >= 4 is 17.3 Å². The van der Waals surface area contributed by atoms with Gasteiger partial charge in [-0.3, -0.25) is 9.59 Å². The third-order valence-corrected chi connectivity index (χ3v) is 5.60. The Morgan fingerprint density at radius 1 is 0.875 bits per heavy atom. The maximum Gasteiger partial charge on any atom is 0.291 e. The number of carbonyl (C=O) groups is 2. The van der Waals surface area contributed by atoms with Crippen LogP contribution in [0.1, 0.15) is 32.6 Å². The third-order valence-electron chi connectivity index (χ3n) is 5.60. The number of carbonyl (C=O) groups excluding carboxylic acids is 2. The minimum Gasteiger partial charge on any atom is -0.480 e. The number of aromatic hydroxyl groups is 1. The summed E-state index contributed by atoms with van der Waals surface area (Å²) in [6.45, 7) is 3.89. The normalized spacial score (nSPS) is 12.6. The predicted octanol–water partition coefficient (Wildman–Crippen LogP) is 3.86. The molecule has 32 heavy (non-hydrogen) atoms. The first kappa shape index (κ1) is 19.7. The molecule has 5 heteroatoms. The van der Waals surface area contributed by atoms with Crippen LogP contribution in [0.15, 0.2) is 82.2 Å². The average Bonchev–Trinajstić information content (AvgIpc) is 3.29. The minimum absolute atomic E-state index is 0.0739. The maximum atomic E-state index is 13.7. The Hall–Kier alpha value is -4.25. The topological polar surface area (TPSA) is 79.9 Å². The number of fused-ring (bicyclic) bond motifs is 1. The fraction of sp³-hybridized carbons (Fsp3) is 0.0741. The molecule has 0 saturated heterocycles. The van der Waals surface area contributed by atoms with E-state index in [1.807, 2.05) is 50.2 Å². The highest BCUT2D eigenvalue weighted by molar-refractivity contribution is 6.26. The van der Waals surface area contributed by atoms with Crippen molar-refractivity contribution < 1.29 is 19.1 Å². The number of furan rings is 1. The van der Waals surface area contributed by atoms with Gasteiger partial charge in [-0.15, -0.1) is 0 Å². The summed E-state index contributed by atoms with van der Waals surface area (Å²) in [6, 6.07) is 21.6. The van der Waals surface area contributed by atoms with Crippen LogP contribution in [0.5, 0.6) is 5.95 Å². The number of rotatable bonds is 4. The lowest BCUT2D eigenvalue weighted by molar-refractivity contribution is -0.112. The van der Waals surface area contributed by atoms with Gasteiger partial charge in [0.1, 0.15) is 5.76 Å². The average molecular weight is 421 g/mol. The molecule has 1 aromatic heterocycles. The molecular weight excluding hydrogens is 402 g/mol. The smallest absolute Gasteiger partial charge is 0.291 e. The molecule has 1 aliphatic heterocycles. The summed E-state index contributed by atoms with van der Waals surface area (Å²) in [7, 11) is 0. The van der Waals surface area contributed by atoms with Crippen molar-refractivity contribution in [1.82, 2.24) is 0 Å². The van der Waals surface area contributed by atoms with E-state index in [9.17, 15) is 14.7 Å². The van der Waals surface area contributed by atoms with E-state index in [-0.39, 0.29) is 28.2 Å². The van der Waals surface area contributed by atoms with Gasteiger partial charge in [0.15, 0.2) is 5.78 Å². The molecule has 0 bridgehead atoms. The molecule has 0 aliphatic carbocycles. The van der Waals surface area contributed by atoms with Crippen molar-refractivity contribution in [2.24, 2.45) is 4.99 Å². The highest BCUT2D eigenvalue weighted by Gasteiger charge is 2.33. The number of ketones is 1. The number of amides is 1. The second-order valence-electron chi connectivity index (χ2n) is 7.86. The van der Waals surface area contributed by atoms with Crippen LogP contribution in [0.3, 0.4) is 0 Å². The van der Waals surface area contributed by atoms with E-state index in [4.69, 9.17) is 4.42 Å². The first-order valence-electron chi connectivity index (χ1n) is 10.2. The molecule has 2 heterocycles. The zero-order valence-electron chi connectivity index (χ0n) is 17.5. The van der Waals surface area contributed by atoms with Crippen molar-refractivity contribution in [2.45, 2.75) is 13.8 Å². The summed E-state index contributed by atoms with van der Waals surface area (Å²) in [5.74, 6) is -1.13. The van der Waals surface area contributed by atoms with Gasteiger partial charge in [0.05, 0.1) is 22.1 Å². The van der Waals surface area contributed by atoms with Crippen LogP contribution in [0.4, 0.5) is 0 Å². The van der Waals surface area contributed by atoms with Gasteiger partial charge in [-0.2, -0.15) is 0 Å². The number of para-hydroxylation sites is 1. The quantitative estimate of drug-likeness (QED) is 0.508. The number of aryl methyl sites for hydroxylation is 2. The molecule has 1 aliphatic rings. The molecule has 5 nitrogen and oxygen atoms in total. The first-order chi connectivity index (χ1) is 15.4. The highest BCUT2D eigenvalue weighted by atomic mass is 16.5. The van der Waals surface area contributed by atoms with Crippen molar-refractivity contribution in [1.29, 1.82) is 0 Å². The second kappa shape index (κ2) is 7.46. The Kier molecular flexibility index (Phi) is 4.59. The van der Waals surface area contributed by atoms with Gasteiger partial charge in [0.2, 0.25) is 0 Å². The zero-order chi connectivity index (χ0) is 22.4. The highest BCUT2D eigenvalue weighted by Crippen LogP contribution is 2.40. The van der Waals surface area contributed by atoms with Crippen LogP contribution < -0.4 is 10.6 Å². The van der Waals surface area contributed by atoms with Crippen LogP contribution in [-0.2, 0) is 4.79 Å². The Morgan fingerprint density at radius 3 is 2.19 bits per heavy atom. The van der Waals surface area contributed by atoms with Gasteiger partial charge in [0.25, 0.3) is 11.9 Å². The number of nitrogens with zero attached hydrogens (tertiary/aromatic N) is 1. The van der Waals surface area contributed by atoms with Gasteiger partial charge in [0, 0.05) is 16.3 Å². The summed E-state index contributed by atoms with van der Waals surface area (Å²) in [4.78, 5) is 30.7. The van der Waals surface area contributed by atoms with Crippen LogP contribution in [-0.4, -0.2) is 16.8 Å². The van der Waals surface area contributed by atoms with E-state index in [0.717, 1.165) is 11.1 Å². The molecule has 0 fully saturated rings. The van der Waals surface area contributed by atoms with Crippen LogP contribution in [0.25, 0.3) is 16.9 Å². The second-order valence-corrected chi connectivity index (χ2v) is 7.86. The standard InChI is InChI=1S/C27H19NO4/c1-15-7-11-17(12-8-15)24(29)23-22(21-19-5-3-4-6-20(19)28-26(21)30)27(31)32-25(23)18-13-9-16(2)10-14-18/h3-14,31H,1-2H3. The summed E-state index contributed by atoms with van der Waals surface area (Å²) >= 11 is 0. The number of benzene rings is 3. The Bertz CT molecular complexity index is 1510. The van der Waals surface area contributed by atoms with Crippen molar-refractivity contribution in [3.63, 3.8) is 0 Å². The largest absolute Gasteiger partial charge is 0.480 e. The summed E-state index contributed by atoms with van der Waals surface area (Å²) in [5, 5.41) is 11.9. The Labute approximate surface area is 184 Å². The van der Waals surface area contributed by atoms with Gasteiger partial charge >= 0.3 is 0 Å². The van der Waals surface area contributed by atoms with E-state index in [0.29, 0.717) is 21.7 Å². The lowest BCUT2D eigenvalue weighted by Gasteiger charge is -2.07. The predicted molar refractivity (Wildman–Crippen MR) is 120 cm³/mol. The van der Waals surface area contributed by atoms with Crippen LogP contribution >= 0.6 is 0 Å². The molecule has 1 amide bonds. The zero-order valence-corrected chi connectivity index (χ0v) is 17.5. The molecule has 0 spiro atoms. The SMILES string of the molecule is Cc1ccc(C(=O)c2c(-c3ccc(C)cc3)oc(O)c2C2=c3ccccc3=NC2=O)cc1. The fourth-order valence-corrected chi connectivity index (χ4v) is 3.93. The van der Waals surface area contributed by atoms with Crippen LogP contribution in [0, 0.1) is 13.8 Å². The molecule has 3 aromatic carbocycles. The molecule has 5 rings (SSSR count). The molecule has 4 aromatic rings. The molecule has 0 unspecified atom stereocenters. The number of hydrogen-bond acceptors (Lipinski definition) is 4. The molecule has 156 valence electrons. The van der Waals surface area contributed by atoms with E-state index < -0.39 is 11.9 Å². The molecule has 0 saturated carbocycles. The van der Waals surface area contributed by atoms with Gasteiger partial charge in [-0.25, -0.2) is 4.99 Å². The number of hydrogen-bond donors (Lipinski definition) is 1. The molecular formula is C27H19NO4. The summed E-state index contributed by atoms with van der Waals surface area (Å²) in [6.07, 6.45) is 0. The lowest BCUT2D eigenvalue weighted by atomic mass is 9.92. The van der Waals surface area contributed by atoms with Gasteiger partial charge < -0.3 is 9.52 Å².